The van der Waals surface area contributed by atoms with Crippen molar-refractivity contribution >= 4 is 21.8 Å². The number of hydrogen-bond donors (Lipinski definition) is 2. The van der Waals surface area contributed by atoms with E-state index >= 15 is 0 Å². The Kier molecular flexibility index (Phi) is 5.83. The second-order valence-electron chi connectivity index (χ2n) is 6.32. The molecule has 1 unspecified atom stereocenters. The summed E-state index contributed by atoms with van der Waals surface area (Å²) in [4.78, 5) is 12.3. The van der Waals surface area contributed by atoms with Gasteiger partial charge in [0.15, 0.2) is 0 Å². The summed E-state index contributed by atoms with van der Waals surface area (Å²) in [6.07, 6.45) is 2.55. The monoisotopic (exact) mass is 344 g/mol. The van der Waals surface area contributed by atoms with Gasteiger partial charge in [-0.3, -0.25) is 4.79 Å². The Morgan fingerprint density at radius 1 is 1.45 bits per heavy atom. The van der Waals surface area contributed by atoms with Crippen LogP contribution in [-0.4, -0.2) is 27.7 Å². The molecular weight excluding hydrogens is 320 g/mol. The molecule has 0 aromatic carbocycles. The lowest BCUT2D eigenvalue weighted by atomic mass is 9.94. The Morgan fingerprint density at radius 2 is 2.05 bits per heavy atom. The minimum atomic E-state index is -0.879. The van der Waals surface area contributed by atoms with E-state index in [1.807, 2.05) is 24.6 Å². The fraction of sp³-hybridized carbons (Fsp3) is 0.667. The van der Waals surface area contributed by atoms with Crippen molar-refractivity contribution in [3.05, 3.63) is 22.4 Å². The number of carbonyl (C=O) groups excluding carboxylic acids is 1. The minimum absolute atomic E-state index is 0.159. The van der Waals surface area contributed by atoms with Crippen molar-refractivity contribution in [1.29, 1.82) is 0 Å². The smallest absolute Gasteiger partial charge is 0.268 e. The molecule has 0 spiro atoms. The van der Waals surface area contributed by atoms with Crippen LogP contribution < -0.4 is 5.32 Å². The van der Waals surface area contributed by atoms with E-state index in [1.165, 1.54) is 0 Å². The molecule has 1 aromatic heterocycles. The highest BCUT2D eigenvalue weighted by Crippen LogP contribution is 2.20. The van der Waals surface area contributed by atoms with Gasteiger partial charge in [0, 0.05) is 23.3 Å². The number of halogens is 1. The van der Waals surface area contributed by atoms with E-state index in [4.69, 9.17) is 0 Å². The molecule has 0 saturated heterocycles. The van der Waals surface area contributed by atoms with Crippen LogP contribution in [0.25, 0.3) is 0 Å². The zero-order chi connectivity index (χ0) is 15.5. The summed E-state index contributed by atoms with van der Waals surface area (Å²) in [5, 5.41) is 13.1. The number of carbonyl (C=O) groups is 1. The van der Waals surface area contributed by atoms with Gasteiger partial charge in [0.05, 0.1) is 5.60 Å². The fourth-order valence-corrected chi connectivity index (χ4v) is 2.81. The number of aliphatic hydroxyl groups is 1. The summed E-state index contributed by atoms with van der Waals surface area (Å²) in [6, 6.07) is 2.00. The van der Waals surface area contributed by atoms with Crippen molar-refractivity contribution < 1.29 is 9.90 Å². The van der Waals surface area contributed by atoms with Crippen molar-refractivity contribution in [3.63, 3.8) is 0 Å². The molecule has 1 aromatic rings. The van der Waals surface area contributed by atoms with E-state index in [9.17, 15) is 9.90 Å². The molecule has 5 heteroatoms. The average molecular weight is 345 g/mol. The molecule has 2 N–H and O–H groups in total. The zero-order valence-corrected chi connectivity index (χ0v) is 14.5. The molecule has 0 aliphatic carbocycles. The molecule has 1 heterocycles. The highest BCUT2D eigenvalue weighted by atomic mass is 79.9. The zero-order valence-electron chi connectivity index (χ0n) is 12.9. The van der Waals surface area contributed by atoms with Gasteiger partial charge in [-0.2, -0.15) is 0 Å². The summed E-state index contributed by atoms with van der Waals surface area (Å²) >= 11 is 3.39. The van der Waals surface area contributed by atoms with Crippen molar-refractivity contribution in [1.82, 2.24) is 9.88 Å². The third-order valence-corrected chi connectivity index (χ3v) is 3.52. The van der Waals surface area contributed by atoms with Gasteiger partial charge in [0.2, 0.25) is 0 Å². The SMILES string of the molecule is CC(C)CC(C)(O)CNC(=O)c1cc(Br)cn1C(C)C. The fourth-order valence-electron chi connectivity index (χ4n) is 2.37. The van der Waals surface area contributed by atoms with E-state index in [0.717, 1.165) is 4.47 Å². The molecule has 1 atom stereocenters. The maximum atomic E-state index is 12.3. The minimum Gasteiger partial charge on any atom is -0.388 e. The van der Waals surface area contributed by atoms with Crippen LogP contribution in [0.4, 0.5) is 0 Å². The van der Waals surface area contributed by atoms with E-state index < -0.39 is 5.60 Å². The highest BCUT2D eigenvalue weighted by Gasteiger charge is 2.24. The van der Waals surface area contributed by atoms with Gasteiger partial charge in [-0.1, -0.05) is 13.8 Å². The molecule has 0 aliphatic heterocycles. The molecule has 1 amide bonds. The number of rotatable bonds is 6. The van der Waals surface area contributed by atoms with Gasteiger partial charge in [0.1, 0.15) is 5.69 Å². The lowest BCUT2D eigenvalue weighted by molar-refractivity contribution is 0.0366. The van der Waals surface area contributed by atoms with Gasteiger partial charge in [-0.15, -0.1) is 0 Å². The van der Waals surface area contributed by atoms with Gasteiger partial charge in [-0.25, -0.2) is 0 Å². The highest BCUT2D eigenvalue weighted by molar-refractivity contribution is 9.10. The van der Waals surface area contributed by atoms with Crippen LogP contribution in [-0.2, 0) is 0 Å². The molecule has 0 aliphatic rings. The lowest BCUT2D eigenvalue weighted by Crippen LogP contribution is -2.42. The van der Waals surface area contributed by atoms with Crippen LogP contribution in [0, 0.1) is 5.92 Å². The number of hydrogen-bond acceptors (Lipinski definition) is 2. The Labute approximate surface area is 129 Å². The number of amides is 1. The molecule has 0 radical (unpaired) electrons. The predicted octanol–water partition coefficient (Wildman–Crippen LogP) is 3.36. The van der Waals surface area contributed by atoms with Crippen molar-refractivity contribution in [2.45, 2.75) is 52.7 Å². The molecule has 114 valence electrons. The van der Waals surface area contributed by atoms with E-state index in [1.54, 1.807) is 13.0 Å². The quantitative estimate of drug-likeness (QED) is 0.831. The Bertz CT molecular complexity index is 464. The first-order valence-corrected chi connectivity index (χ1v) is 7.79. The number of nitrogens with zero attached hydrogens (tertiary/aromatic N) is 1. The van der Waals surface area contributed by atoms with E-state index in [2.05, 4.69) is 35.1 Å². The standard InChI is InChI=1S/C15H25BrN2O2/c1-10(2)7-15(5,20)9-17-14(19)13-6-12(16)8-18(13)11(3)4/h6,8,10-11,20H,7,9H2,1-5H3,(H,17,19). The normalized spacial score (nSPS) is 14.7. The number of nitrogens with one attached hydrogen (secondary N) is 1. The molecule has 0 bridgehead atoms. The first-order valence-electron chi connectivity index (χ1n) is 7.00. The van der Waals surface area contributed by atoms with Gasteiger partial charge in [0.25, 0.3) is 5.91 Å². The third-order valence-electron chi connectivity index (χ3n) is 3.08. The first-order chi connectivity index (χ1) is 9.12. The Hall–Kier alpha value is -0.810. The second-order valence-corrected chi connectivity index (χ2v) is 7.24. The Morgan fingerprint density at radius 3 is 2.55 bits per heavy atom. The summed E-state index contributed by atoms with van der Waals surface area (Å²) in [6.45, 7) is 10.2. The molecule has 1 rings (SSSR count). The first kappa shape index (κ1) is 17.2. The molecule has 4 nitrogen and oxygen atoms in total. The van der Waals surface area contributed by atoms with Crippen LogP contribution in [0.5, 0.6) is 0 Å². The molecular formula is C15H25BrN2O2. The van der Waals surface area contributed by atoms with Crippen molar-refractivity contribution in [2.75, 3.05) is 6.54 Å². The van der Waals surface area contributed by atoms with Gasteiger partial charge < -0.3 is 15.0 Å². The summed E-state index contributed by atoms with van der Waals surface area (Å²) < 4.78 is 2.79. The van der Waals surface area contributed by atoms with E-state index in [0.29, 0.717) is 18.0 Å². The van der Waals surface area contributed by atoms with Crippen LogP contribution >= 0.6 is 15.9 Å². The lowest BCUT2D eigenvalue weighted by Gasteiger charge is -2.25. The topological polar surface area (TPSA) is 54.3 Å². The van der Waals surface area contributed by atoms with Gasteiger partial charge >= 0.3 is 0 Å². The second kappa shape index (κ2) is 6.76. The van der Waals surface area contributed by atoms with E-state index in [-0.39, 0.29) is 18.5 Å². The van der Waals surface area contributed by atoms with Gasteiger partial charge in [-0.05, 0) is 55.1 Å². The van der Waals surface area contributed by atoms with Crippen molar-refractivity contribution in [2.24, 2.45) is 5.92 Å². The predicted molar refractivity (Wildman–Crippen MR) is 84.9 cm³/mol. The van der Waals surface area contributed by atoms with Crippen LogP contribution in [0.15, 0.2) is 16.7 Å². The summed E-state index contributed by atoms with van der Waals surface area (Å²) in [5.41, 5.74) is -0.275. The van der Waals surface area contributed by atoms with Crippen LogP contribution in [0.3, 0.4) is 0 Å². The maximum Gasteiger partial charge on any atom is 0.268 e. The maximum absolute atomic E-state index is 12.3. The molecule has 0 saturated carbocycles. The van der Waals surface area contributed by atoms with Crippen LogP contribution in [0.2, 0.25) is 0 Å². The molecule has 0 fully saturated rings. The number of aromatic nitrogens is 1. The van der Waals surface area contributed by atoms with Crippen molar-refractivity contribution in [3.8, 4) is 0 Å². The molecule has 20 heavy (non-hydrogen) atoms. The largest absolute Gasteiger partial charge is 0.388 e. The Balaban J connectivity index is 2.73. The van der Waals surface area contributed by atoms with Crippen LogP contribution in [0.1, 0.15) is 57.6 Å². The summed E-state index contributed by atoms with van der Waals surface area (Å²) in [7, 11) is 0. The average Bonchev–Trinajstić information content (AvgIpc) is 2.67. The summed E-state index contributed by atoms with van der Waals surface area (Å²) in [5.74, 6) is 0.226. The third kappa shape index (κ3) is 4.94.